The highest BCUT2D eigenvalue weighted by atomic mass is 35.5. The lowest BCUT2D eigenvalue weighted by atomic mass is 9.96. The summed E-state index contributed by atoms with van der Waals surface area (Å²) in [7, 11) is 0. The van der Waals surface area contributed by atoms with Crippen LogP contribution in [0.15, 0.2) is 18.6 Å². The predicted molar refractivity (Wildman–Crippen MR) is 109 cm³/mol. The Labute approximate surface area is 170 Å². The number of carbonyl (C=O) groups excluding carboxylic acids is 1. The van der Waals surface area contributed by atoms with E-state index in [4.69, 9.17) is 11.6 Å². The third-order valence-corrected chi connectivity index (χ3v) is 6.14. The maximum Gasteiger partial charge on any atom is 0.255 e. The number of likely N-dealkylation sites (tertiary alicyclic amines) is 1. The summed E-state index contributed by atoms with van der Waals surface area (Å²) in [5, 5.41) is 8.92. The number of rotatable bonds is 4. The first kappa shape index (κ1) is 19.2. The van der Waals surface area contributed by atoms with Gasteiger partial charge in [0, 0.05) is 44.8 Å². The first-order valence-electron chi connectivity index (χ1n) is 10.2. The molecule has 28 heavy (non-hydrogen) atoms. The molecule has 0 radical (unpaired) electrons. The molecule has 0 unspecified atom stereocenters. The van der Waals surface area contributed by atoms with E-state index in [0.717, 1.165) is 70.0 Å². The quantitative estimate of drug-likeness (QED) is 0.784. The van der Waals surface area contributed by atoms with E-state index in [0.29, 0.717) is 16.5 Å². The van der Waals surface area contributed by atoms with Crippen LogP contribution in [-0.2, 0) is 6.54 Å². The number of hydrogen-bond acceptors (Lipinski definition) is 5. The zero-order valence-corrected chi connectivity index (χ0v) is 17.1. The van der Waals surface area contributed by atoms with Crippen molar-refractivity contribution >= 4 is 23.3 Å². The summed E-state index contributed by atoms with van der Waals surface area (Å²) in [6.45, 7) is 6.39. The summed E-state index contributed by atoms with van der Waals surface area (Å²) in [6, 6.07) is 1.78. The van der Waals surface area contributed by atoms with Crippen LogP contribution in [0.25, 0.3) is 0 Å². The molecule has 150 valence electrons. The van der Waals surface area contributed by atoms with Gasteiger partial charge in [0.1, 0.15) is 18.0 Å². The molecule has 0 aromatic carbocycles. The van der Waals surface area contributed by atoms with Gasteiger partial charge in [-0.3, -0.25) is 4.79 Å². The summed E-state index contributed by atoms with van der Waals surface area (Å²) in [6.07, 6.45) is 8.82. The van der Waals surface area contributed by atoms with Crippen LogP contribution in [0, 0.1) is 0 Å². The van der Waals surface area contributed by atoms with Crippen LogP contribution in [0.2, 0.25) is 5.02 Å². The first-order valence-corrected chi connectivity index (χ1v) is 10.6. The fourth-order valence-electron chi connectivity index (χ4n) is 4.23. The molecule has 0 saturated carbocycles. The second-order valence-electron chi connectivity index (χ2n) is 7.62. The molecule has 4 rings (SSSR count). The largest absolute Gasteiger partial charge is 0.355 e. The SMILES string of the molecule is CCn1cnnc1C1CCN(c2ncc(C(=O)N3CCCCC3)cc2Cl)CC1. The molecule has 7 nitrogen and oxygen atoms in total. The molecule has 8 heteroatoms. The number of aromatic nitrogens is 4. The number of amides is 1. The Hall–Kier alpha value is -2.15. The molecule has 2 aliphatic rings. The molecule has 2 aliphatic heterocycles. The number of nitrogens with zero attached hydrogens (tertiary/aromatic N) is 6. The van der Waals surface area contributed by atoms with E-state index in [1.807, 2.05) is 4.90 Å². The Morgan fingerprint density at radius 3 is 2.61 bits per heavy atom. The molecule has 0 N–H and O–H groups in total. The van der Waals surface area contributed by atoms with Gasteiger partial charge in [0.15, 0.2) is 0 Å². The van der Waals surface area contributed by atoms with Crippen molar-refractivity contribution in [2.45, 2.75) is 51.5 Å². The van der Waals surface area contributed by atoms with Crippen LogP contribution in [0.5, 0.6) is 0 Å². The van der Waals surface area contributed by atoms with E-state index in [1.165, 1.54) is 6.42 Å². The topological polar surface area (TPSA) is 67.2 Å². The summed E-state index contributed by atoms with van der Waals surface area (Å²) in [4.78, 5) is 21.3. The first-order chi connectivity index (χ1) is 13.7. The summed E-state index contributed by atoms with van der Waals surface area (Å²) < 4.78 is 2.12. The van der Waals surface area contributed by atoms with Crippen LogP contribution >= 0.6 is 11.6 Å². The van der Waals surface area contributed by atoms with Gasteiger partial charge >= 0.3 is 0 Å². The third-order valence-electron chi connectivity index (χ3n) is 5.86. The number of pyridine rings is 1. The van der Waals surface area contributed by atoms with E-state index >= 15 is 0 Å². The van der Waals surface area contributed by atoms with Gasteiger partial charge in [-0.15, -0.1) is 10.2 Å². The maximum atomic E-state index is 12.7. The van der Waals surface area contributed by atoms with Gasteiger partial charge in [-0.05, 0) is 45.1 Å². The van der Waals surface area contributed by atoms with Crippen LogP contribution in [0.4, 0.5) is 5.82 Å². The molecule has 2 aromatic heterocycles. The molecule has 2 aromatic rings. The fraction of sp³-hybridized carbons (Fsp3) is 0.600. The highest BCUT2D eigenvalue weighted by Crippen LogP contribution is 2.32. The number of anilines is 1. The van der Waals surface area contributed by atoms with E-state index in [9.17, 15) is 4.79 Å². The third kappa shape index (κ3) is 3.85. The van der Waals surface area contributed by atoms with Crippen molar-refractivity contribution in [3.63, 3.8) is 0 Å². The van der Waals surface area contributed by atoms with Crippen molar-refractivity contribution in [3.8, 4) is 0 Å². The van der Waals surface area contributed by atoms with Crippen molar-refractivity contribution in [2.75, 3.05) is 31.1 Å². The zero-order chi connectivity index (χ0) is 19.5. The lowest BCUT2D eigenvalue weighted by molar-refractivity contribution is 0.0724. The van der Waals surface area contributed by atoms with Crippen LogP contribution in [0.3, 0.4) is 0 Å². The lowest BCUT2D eigenvalue weighted by Gasteiger charge is -2.33. The standard InChI is InChI=1S/C20H27ClN6O/c1-2-25-14-23-24-18(25)15-6-10-26(11-7-15)19-17(21)12-16(13-22-19)20(28)27-8-4-3-5-9-27/h12-15H,2-11H2,1H3. The van der Waals surface area contributed by atoms with Gasteiger partial charge in [0.2, 0.25) is 0 Å². The van der Waals surface area contributed by atoms with Gasteiger partial charge in [-0.25, -0.2) is 4.98 Å². The molecule has 0 bridgehead atoms. The number of hydrogen-bond donors (Lipinski definition) is 0. The lowest BCUT2D eigenvalue weighted by Crippen LogP contribution is -2.36. The van der Waals surface area contributed by atoms with Gasteiger partial charge in [0.25, 0.3) is 5.91 Å². The monoisotopic (exact) mass is 402 g/mol. The average molecular weight is 403 g/mol. The Balaban J connectivity index is 1.42. The molecular weight excluding hydrogens is 376 g/mol. The van der Waals surface area contributed by atoms with E-state index in [1.54, 1.807) is 18.6 Å². The van der Waals surface area contributed by atoms with E-state index in [-0.39, 0.29) is 5.91 Å². The summed E-state index contributed by atoms with van der Waals surface area (Å²) in [5.74, 6) is 2.30. The smallest absolute Gasteiger partial charge is 0.255 e. The van der Waals surface area contributed by atoms with Crippen molar-refractivity contribution < 1.29 is 4.79 Å². The van der Waals surface area contributed by atoms with Crippen LogP contribution in [-0.4, -0.2) is 56.7 Å². The number of piperidine rings is 2. The molecule has 2 saturated heterocycles. The van der Waals surface area contributed by atoms with Crippen molar-refractivity contribution in [1.82, 2.24) is 24.6 Å². The van der Waals surface area contributed by atoms with Crippen LogP contribution in [0.1, 0.15) is 61.1 Å². The maximum absolute atomic E-state index is 12.7. The molecular formula is C20H27ClN6O. The van der Waals surface area contributed by atoms with Gasteiger partial charge in [-0.2, -0.15) is 0 Å². The molecule has 4 heterocycles. The normalized spacial score (nSPS) is 18.5. The van der Waals surface area contributed by atoms with E-state index in [2.05, 4.69) is 31.6 Å². The second-order valence-corrected chi connectivity index (χ2v) is 8.03. The Kier molecular flexibility index (Phi) is 5.80. The zero-order valence-electron chi connectivity index (χ0n) is 16.3. The molecule has 2 fully saturated rings. The minimum Gasteiger partial charge on any atom is -0.355 e. The van der Waals surface area contributed by atoms with E-state index < -0.39 is 0 Å². The van der Waals surface area contributed by atoms with Gasteiger partial charge < -0.3 is 14.4 Å². The summed E-state index contributed by atoms with van der Waals surface area (Å²) in [5.41, 5.74) is 0.585. The predicted octanol–water partition coefficient (Wildman–Crippen LogP) is 3.36. The van der Waals surface area contributed by atoms with Gasteiger partial charge in [0.05, 0.1) is 10.6 Å². The highest BCUT2D eigenvalue weighted by Gasteiger charge is 2.27. The summed E-state index contributed by atoms with van der Waals surface area (Å²) >= 11 is 6.53. The number of halogens is 1. The minimum atomic E-state index is 0.0401. The molecule has 1 amide bonds. The average Bonchev–Trinajstić information content (AvgIpc) is 3.23. The van der Waals surface area contributed by atoms with Crippen LogP contribution < -0.4 is 4.90 Å². The molecule has 0 spiro atoms. The molecule has 0 atom stereocenters. The van der Waals surface area contributed by atoms with Crippen molar-refractivity contribution in [3.05, 3.63) is 35.0 Å². The Morgan fingerprint density at radius 1 is 1.18 bits per heavy atom. The Morgan fingerprint density at radius 2 is 1.93 bits per heavy atom. The highest BCUT2D eigenvalue weighted by molar-refractivity contribution is 6.33. The fourth-order valence-corrected chi connectivity index (χ4v) is 4.52. The molecule has 0 aliphatic carbocycles. The van der Waals surface area contributed by atoms with Crippen molar-refractivity contribution in [2.24, 2.45) is 0 Å². The minimum absolute atomic E-state index is 0.0401. The second kappa shape index (κ2) is 8.47. The number of carbonyl (C=O) groups is 1. The Bertz CT molecular complexity index is 824. The number of aryl methyl sites for hydroxylation is 1. The van der Waals surface area contributed by atoms with Gasteiger partial charge in [-0.1, -0.05) is 11.6 Å². The van der Waals surface area contributed by atoms with Crippen molar-refractivity contribution in [1.29, 1.82) is 0 Å².